The van der Waals surface area contributed by atoms with Gasteiger partial charge in [0.25, 0.3) is 0 Å². The van der Waals surface area contributed by atoms with E-state index in [0.717, 1.165) is 0 Å². The van der Waals surface area contributed by atoms with Crippen molar-refractivity contribution in [3.8, 4) is 11.5 Å². The number of carbonyl (C=O) groups excluding carboxylic acids is 2. The van der Waals surface area contributed by atoms with Gasteiger partial charge in [-0.3, -0.25) is 0 Å². The molecule has 0 aliphatic carbocycles. The Morgan fingerprint density at radius 3 is 2.14 bits per heavy atom. The summed E-state index contributed by atoms with van der Waals surface area (Å²) in [5, 5.41) is 0. The van der Waals surface area contributed by atoms with Crippen molar-refractivity contribution < 1.29 is 32.2 Å². The highest BCUT2D eigenvalue weighted by atomic mass is 32.2. The van der Waals surface area contributed by atoms with Crippen LogP contribution < -0.4 is 9.47 Å². The van der Waals surface area contributed by atoms with E-state index in [1.165, 1.54) is 61.0 Å². The van der Waals surface area contributed by atoms with E-state index < -0.39 is 22.0 Å². The Balaban J connectivity index is 2.32. The van der Waals surface area contributed by atoms with E-state index in [1.54, 1.807) is 13.8 Å². The third kappa shape index (κ3) is 4.93. The lowest BCUT2D eigenvalue weighted by Gasteiger charge is -2.18. The highest BCUT2D eigenvalue weighted by Crippen LogP contribution is 2.29. The second-order valence-electron chi connectivity index (χ2n) is 5.86. The average Bonchev–Trinajstić information content (AvgIpc) is 2.74. The smallest absolute Gasteiger partial charge is 0.343 e. The van der Waals surface area contributed by atoms with Gasteiger partial charge in [0.2, 0.25) is 10.0 Å². The molecule has 0 spiro atoms. The van der Waals surface area contributed by atoms with Crippen molar-refractivity contribution in [2.24, 2.45) is 0 Å². The van der Waals surface area contributed by atoms with Gasteiger partial charge in [0.05, 0.1) is 30.2 Å². The maximum atomic E-state index is 12.7. The van der Waals surface area contributed by atoms with Gasteiger partial charge in [0.1, 0.15) is 0 Å². The molecule has 0 atom stereocenters. The molecule has 0 aliphatic heterocycles. The largest absolute Gasteiger partial charge is 0.493 e. The number of rotatable bonds is 8. The SMILES string of the molecule is CCN(CC)S(=O)(=O)c1cccc(C(=O)Oc2ccc(C(=O)OC)cc2OC)c1. The van der Waals surface area contributed by atoms with Crippen LogP contribution in [0.3, 0.4) is 0 Å². The minimum atomic E-state index is -3.71. The molecule has 0 radical (unpaired) electrons. The molecule has 2 rings (SSSR count). The van der Waals surface area contributed by atoms with Gasteiger partial charge in [0.15, 0.2) is 11.5 Å². The van der Waals surface area contributed by atoms with Gasteiger partial charge in [-0.25, -0.2) is 18.0 Å². The van der Waals surface area contributed by atoms with E-state index in [-0.39, 0.29) is 27.5 Å². The van der Waals surface area contributed by atoms with Gasteiger partial charge in [-0.15, -0.1) is 0 Å². The molecule has 0 bridgehead atoms. The predicted molar refractivity (Wildman–Crippen MR) is 106 cm³/mol. The van der Waals surface area contributed by atoms with E-state index >= 15 is 0 Å². The van der Waals surface area contributed by atoms with Crippen LogP contribution in [0.15, 0.2) is 47.4 Å². The normalized spacial score (nSPS) is 11.2. The Kier molecular flexibility index (Phi) is 7.35. The quantitative estimate of drug-likeness (QED) is 0.477. The number of esters is 2. The Bertz CT molecular complexity index is 998. The Hall–Kier alpha value is -2.91. The fraction of sp³-hybridized carbons (Fsp3) is 0.300. The summed E-state index contributed by atoms with van der Waals surface area (Å²) in [5.41, 5.74) is 0.300. The second-order valence-corrected chi connectivity index (χ2v) is 7.80. The lowest BCUT2D eigenvalue weighted by atomic mass is 10.2. The average molecular weight is 421 g/mol. The summed E-state index contributed by atoms with van der Waals surface area (Å²) in [5.74, 6) is -1.07. The second kappa shape index (κ2) is 9.53. The van der Waals surface area contributed by atoms with Gasteiger partial charge < -0.3 is 14.2 Å². The van der Waals surface area contributed by atoms with Gasteiger partial charge in [-0.2, -0.15) is 4.31 Å². The van der Waals surface area contributed by atoms with Crippen LogP contribution in [0.1, 0.15) is 34.6 Å². The van der Waals surface area contributed by atoms with Crippen LogP contribution in [0.2, 0.25) is 0 Å². The lowest BCUT2D eigenvalue weighted by molar-refractivity contribution is 0.0600. The van der Waals surface area contributed by atoms with Crippen molar-refractivity contribution in [3.63, 3.8) is 0 Å². The molecule has 0 unspecified atom stereocenters. The minimum absolute atomic E-state index is 0.00338. The number of ether oxygens (including phenoxy) is 3. The molecule has 2 aromatic carbocycles. The van der Waals surface area contributed by atoms with Crippen LogP contribution in [-0.2, 0) is 14.8 Å². The van der Waals surface area contributed by atoms with Crippen LogP contribution in [0, 0.1) is 0 Å². The van der Waals surface area contributed by atoms with E-state index in [1.807, 2.05) is 0 Å². The zero-order valence-corrected chi connectivity index (χ0v) is 17.5. The van der Waals surface area contributed by atoms with Crippen molar-refractivity contribution in [1.29, 1.82) is 0 Å². The monoisotopic (exact) mass is 421 g/mol. The molecule has 2 aromatic rings. The molecule has 9 heteroatoms. The van der Waals surface area contributed by atoms with E-state index in [9.17, 15) is 18.0 Å². The van der Waals surface area contributed by atoms with Crippen molar-refractivity contribution in [2.45, 2.75) is 18.7 Å². The van der Waals surface area contributed by atoms with Crippen LogP contribution in [0.4, 0.5) is 0 Å². The first-order chi connectivity index (χ1) is 13.8. The molecular weight excluding hydrogens is 398 g/mol. The number of nitrogens with zero attached hydrogens (tertiary/aromatic N) is 1. The van der Waals surface area contributed by atoms with Gasteiger partial charge in [-0.05, 0) is 36.4 Å². The summed E-state index contributed by atoms with van der Waals surface area (Å²) < 4.78 is 41.8. The molecule has 8 nitrogen and oxygen atoms in total. The fourth-order valence-electron chi connectivity index (χ4n) is 2.65. The number of hydrogen-bond acceptors (Lipinski definition) is 7. The van der Waals surface area contributed by atoms with E-state index in [2.05, 4.69) is 4.74 Å². The molecule has 0 aromatic heterocycles. The zero-order valence-electron chi connectivity index (χ0n) is 16.7. The molecule has 29 heavy (non-hydrogen) atoms. The molecular formula is C20H23NO7S. The first kappa shape index (κ1) is 22.4. The first-order valence-corrected chi connectivity index (χ1v) is 10.3. The molecule has 0 saturated heterocycles. The molecule has 0 fully saturated rings. The number of methoxy groups -OCH3 is 2. The maximum absolute atomic E-state index is 12.7. The van der Waals surface area contributed by atoms with Crippen molar-refractivity contribution in [2.75, 3.05) is 27.3 Å². The Labute approximate surface area is 170 Å². The van der Waals surface area contributed by atoms with Crippen LogP contribution in [0.5, 0.6) is 11.5 Å². The van der Waals surface area contributed by atoms with Crippen LogP contribution >= 0.6 is 0 Å². The summed E-state index contributed by atoms with van der Waals surface area (Å²) >= 11 is 0. The third-order valence-electron chi connectivity index (χ3n) is 4.20. The van der Waals surface area contributed by atoms with Gasteiger partial charge >= 0.3 is 11.9 Å². The summed E-state index contributed by atoms with van der Waals surface area (Å²) in [7, 11) is -1.09. The lowest BCUT2D eigenvalue weighted by Crippen LogP contribution is -2.30. The van der Waals surface area contributed by atoms with Crippen LogP contribution in [-0.4, -0.2) is 52.0 Å². The van der Waals surface area contributed by atoms with Crippen molar-refractivity contribution in [3.05, 3.63) is 53.6 Å². The summed E-state index contributed by atoms with van der Waals surface area (Å²) in [6.45, 7) is 4.11. The highest BCUT2D eigenvalue weighted by Gasteiger charge is 2.23. The third-order valence-corrected chi connectivity index (χ3v) is 6.25. The Morgan fingerprint density at radius 1 is 0.897 bits per heavy atom. The maximum Gasteiger partial charge on any atom is 0.343 e. The summed E-state index contributed by atoms with van der Waals surface area (Å²) in [6, 6.07) is 9.85. The van der Waals surface area contributed by atoms with Crippen molar-refractivity contribution >= 4 is 22.0 Å². The molecule has 0 saturated carbocycles. The summed E-state index contributed by atoms with van der Waals surface area (Å²) in [6.07, 6.45) is 0. The zero-order chi connectivity index (χ0) is 21.6. The first-order valence-electron chi connectivity index (χ1n) is 8.87. The van der Waals surface area contributed by atoms with E-state index in [0.29, 0.717) is 13.1 Å². The van der Waals surface area contributed by atoms with Gasteiger partial charge in [0, 0.05) is 13.1 Å². The number of benzene rings is 2. The predicted octanol–water partition coefficient (Wildman–Crippen LogP) is 2.73. The van der Waals surface area contributed by atoms with Crippen molar-refractivity contribution in [1.82, 2.24) is 4.31 Å². The molecule has 0 aliphatic rings. The number of sulfonamides is 1. The molecule has 0 heterocycles. The number of carbonyl (C=O) groups is 2. The van der Waals surface area contributed by atoms with Crippen LogP contribution in [0.25, 0.3) is 0 Å². The van der Waals surface area contributed by atoms with Gasteiger partial charge in [-0.1, -0.05) is 19.9 Å². The summed E-state index contributed by atoms with van der Waals surface area (Å²) in [4.78, 5) is 24.2. The van der Waals surface area contributed by atoms with E-state index in [4.69, 9.17) is 9.47 Å². The molecule has 0 N–H and O–H groups in total. The molecule has 156 valence electrons. The number of hydrogen-bond donors (Lipinski definition) is 0. The standard InChI is InChI=1S/C20H23NO7S/c1-5-21(6-2)29(24,25)16-9-7-8-14(12-16)20(23)28-17-11-10-15(19(22)27-4)13-18(17)26-3/h7-13H,5-6H2,1-4H3. The highest BCUT2D eigenvalue weighted by molar-refractivity contribution is 7.89. The topological polar surface area (TPSA) is 99.2 Å². The Morgan fingerprint density at radius 2 is 1.55 bits per heavy atom. The minimum Gasteiger partial charge on any atom is -0.493 e. The molecule has 0 amide bonds. The fourth-order valence-corrected chi connectivity index (χ4v) is 4.16.